The zero-order valence-electron chi connectivity index (χ0n) is 9.44. The third kappa shape index (κ3) is 2.29. The molecule has 4 nitrogen and oxygen atoms in total. The van der Waals surface area contributed by atoms with Gasteiger partial charge in [-0.15, -0.1) is 0 Å². The first kappa shape index (κ1) is 11.6. The van der Waals surface area contributed by atoms with Crippen molar-refractivity contribution in [3.05, 3.63) is 35.4 Å². The van der Waals surface area contributed by atoms with E-state index in [1.165, 1.54) is 0 Å². The first-order chi connectivity index (χ1) is 8.22. The monoisotopic (exact) mass is 230 g/mol. The number of aliphatic hydroxyl groups excluding tert-OH is 1. The number of nitrogens with zero attached hydrogens (tertiary/aromatic N) is 1. The number of nitrogens with one attached hydrogen (secondary N) is 1. The Hall–Kier alpha value is -1.86. The van der Waals surface area contributed by atoms with E-state index in [4.69, 9.17) is 10.4 Å². The van der Waals surface area contributed by atoms with Crippen molar-refractivity contribution < 1.29 is 9.90 Å². The number of benzene rings is 1. The Balaban J connectivity index is 2.09. The maximum atomic E-state index is 11.6. The minimum absolute atomic E-state index is 0.0681. The topological polar surface area (TPSA) is 73.1 Å². The van der Waals surface area contributed by atoms with Crippen LogP contribution in [-0.2, 0) is 5.41 Å². The van der Waals surface area contributed by atoms with Crippen LogP contribution in [0.25, 0.3) is 0 Å². The molecule has 0 atom stereocenters. The Morgan fingerprint density at radius 2 is 2.06 bits per heavy atom. The van der Waals surface area contributed by atoms with Gasteiger partial charge >= 0.3 is 0 Å². The van der Waals surface area contributed by atoms with Crippen LogP contribution < -0.4 is 5.32 Å². The summed E-state index contributed by atoms with van der Waals surface area (Å²) >= 11 is 0. The third-order valence-electron chi connectivity index (χ3n) is 3.06. The molecule has 1 aromatic rings. The molecule has 0 radical (unpaired) electrons. The highest BCUT2D eigenvalue weighted by molar-refractivity contribution is 5.94. The summed E-state index contributed by atoms with van der Waals surface area (Å²) in [4.78, 5) is 11.6. The molecule has 0 spiro atoms. The second-order valence-electron chi connectivity index (χ2n) is 4.25. The van der Waals surface area contributed by atoms with E-state index >= 15 is 0 Å². The third-order valence-corrected chi connectivity index (χ3v) is 3.06. The van der Waals surface area contributed by atoms with E-state index in [0.29, 0.717) is 5.56 Å². The van der Waals surface area contributed by atoms with Crippen LogP contribution in [0.15, 0.2) is 24.3 Å². The standard InChI is InChI=1S/C13H14N2O2/c14-9-13(5-6-13)11-3-1-10(2-4-11)12(17)15-7-8-16/h1-4,16H,5-8H2,(H,15,17). The van der Waals surface area contributed by atoms with E-state index in [0.717, 1.165) is 18.4 Å². The summed E-state index contributed by atoms with van der Waals surface area (Å²) in [5, 5.41) is 20.2. The average molecular weight is 230 g/mol. The first-order valence-electron chi connectivity index (χ1n) is 5.63. The Morgan fingerprint density at radius 1 is 1.41 bits per heavy atom. The molecule has 0 aromatic heterocycles. The highest BCUT2D eigenvalue weighted by atomic mass is 16.3. The van der Waals surface area contributed by atoms with E-state index in [9.17, 15) is 4.79 Å². The van der Waals surface area contributed by atoms with Gasteiger partial charge in [0.2, 0.25) is 0 Å². The van der Waals surface area contributed by atoms with Gasteiger partial charge in [-0.1, -0.05) is 12.1 Å². The molecule has 2 N–H and O–H groups in total. The summed E-state index contributed by atoms with van der Waals surface area (Å²) in [5.74, 6) is -0.201. The summed E-state index contributed by atoms with van der Waals surface area (Å²) < 4.78 is 0. The molecule has 0 aliphatic heterocycles. The number of rotatable bonds is 4. The minimum atomic E-state index is -0.305. The number of carbonyl (C=O) groups excluding carboxylic acids is 1. The summed E-state index contributed by atoms with van der Waals surface area (Å²) in [7, 11) is 0. The molecule has 1 amide bonds. The average Bonchev–Trinajstić information content (AvgIpc) is 3.17. The van der Waals surface area contributed by atoms with Gasteiger partial charge in [-0.25, -0.2) is 0 Å². The van der Waals surface area contributed by atoms with Crippen molar-refractivity contribution in [2.24, 2.45) is 0 Å². The molecular weight excluding hydrogens is 216 g/mol. The molecule has 4 heteroatoms. The molecule has 1 aliphatic rings. The molecule has 0 bridgehead atoms. The summed E-state index contributed by atoms with van der Waals surface area (Å²) in [6, 6.07) is 9.44. The maximum Gasteiger partial charge on any atom is 0.251 e. The van der Waals surface area contributed by atoms with Gasteiger partial charge in [-0.3, -0.25) is 4.79 Å². The lowest BCUT2D eigenvalue weighted by Gasteiger charge is -2.07. The van der Waals surface area contributed by atoms with Crippen molar-refractivity contribution in [1.82, 2.24) is 5.32 Å². The Kier molecular flexibility index (Phi) is 3.12. The maximum absolute atomic E-state index is 11.6. The lowest BCUT2D eigenvalue weighted by atomic mass is 9.96. The van der Waals surface area contributed by atoms with Crippen molar-refractivity contribution in [3.8, 4) is 6.07 Å². The molecule has 2 rings (SSSR count). The van der Waals surface area contributed by atoms with Gasteiger partial charge in [0.15, 0.2) is 0 Å². The van der Waals surface area contributed by atoms with E-state index in [2.05, 4.69) is 11.4 Å². The fraction of sp³-hybridized carbons (Fsp3) is 0.385. The lowest BCUT2D eigenvalue weighted by Crippen LogP contribution is -2.26. The van der Waals surface area contributed by atoms with E-state index in [1.54, 1.807) is 12.1 Å². The Labute approximate surface area is 99.9 Å². The molecule has 17 heavy (non-hydrogen) atoms. The van der Waals surface area contributed by atoms with Crippen LogP contribution in [0.1, 0.15) is 28.8 Å². The molecule has 1 aromatic carbocycles. The summed E-state index contributed by atoms with van der Waals surface area (Å²) in [6.45, 7) is 0.185. The second kappa shape index (κ2) is 4.56. The Morgan fingerprint density at radius 3 is 2.53 bits per heavy atom. The molecule has 0 heterocycles. The van der Waals surface area contributed by atoms with Crippen molar-refractivity contribution in [3.63, 3.8) is 0 Å². The number of carbonyl (C=O) groups is 1. The van der Waals surface area contributed by atoms with Crippen molar-refractivity contribution in [2.45, 2.75) is 18.3 Å². The number of amides is 1. The van der Waals surface area contributed by atoms with Crippen LogP contribution >= 0.6 is 0 Å². The number of hydrogen-bond donors (Lipinski definition) is 2. The predicted molar refractivity (Wildman–Crippen MR) is 62.4 cm³/mol. The van der Waals surface area contributed by atoms with E-state index < -0.39 is 0 Å². The molecule has 1 saturated carbocycles. The van der Waals surface area contributed by atoms with Crippen molar-refractivity contribution in [2.75, 3.05) is 13.2 Å². The molecule has 1 fully saturated rings. The van der Waals surface area contributed by atoms with Crippen LogP contribution in [0.2, 0.25) is 0 Å². The second-order valence-corrected chi connectivity index (χ2v) is 4.25. The van der Waals surface area contributed by atoms with Gasteiger partial charge in [0.1, 0.15) is 0 Å². The quantitative estimate of drug-likeness (QED) is 0.809. The predicted octanol–water partition coefficient (Wildman–Crippen LogP) is 0.964. The highest BCUT2D eigenvalue weighted by Gasteiger charge is 2.44. The number of hydrogen-bond acceptors (Lipinski definition) is 3. The lowest BCUT2D eigenvalue weighted by molar-refractivity contribution is 0.0945. The Bertz CT molecular complexity index is 455. The van der Waals surface area contributed by atoms with E-state index in [1.807, 2.05) is 12.1 Å². The van der Waals surface area contributed by atoms with Crippen LogP contribution in [0.5, 0.6) is 0 Å². The summed E-state index contributed by atoms with van der Waals surface area (Å²) in [6.07, 6.45) is 1.80. The molecule has 1 aliphatic carbocycles. The normalized spacial score (nSPS) is 16.0. The zero-order valence-corrected chi connectivity index (χ0v) is 9.44. The van der Waals surface area contributed by atoms with Crippen molar-refractivity contribution in [1.29, 1.82) is 5.26 Å². The molecule has 88 valence electrons. The number of aliphatic hydroxyl groups is 1. The van der Waals surface area contributed by atoms with Gasteiger partial charge in [0.25, 0.3) is 5.91 Å². The van der Waals surface area contributed by atoms with Gasteiger partial charge in [-0.2, -0.15) is 5.26 Å². The number of nitriles is 1. The SMILES string of the molecule is N#CC1(c2ccc(C(=O)NCCO)cc2)CC1. The first-order valence-corrected chi connectivity index (χ1v) is 5.63. The van der Waals surface area contributed by atoms with Crippen LogP contribution in [0.4, 0.5) is 0 Å². The van der Waals surface area contributed by atoms with Gasteiger partial charge in [0, 0.05) is 12.1 Å². The van der Waals surface area contributed by atoms with Crippen LogP contribution in [-0.4, -0.2) is 24.2 Å². The van der Waals surface area contributed by atoms with Gasteiger partial charge in [0.05, 0.1) is 18.1 Å². The fourth-order valence-electron chi connectivity index (χ4n) is 1.80. The molecular formula is C13H14N2O2. The smallest absolute Gasteiger partial charge is 0.251 e. The van der Waals surface area contributed by atoms with E-state index in [-0.39, 0.29) is 24.5 Å². The molecule has 0 unspecified atom stereocenters. The molecule has 0 saturated heterocycles. The minimum Gasteiger partial charge on any atom is -0.395 e. The van der Waals surface area contributed by atoms with Crippen LogP contribution in [0, 0.1) is 11.3 Å². The van der Waals surface area contributed by atoms with Crippen molar-refractivity contribution >= 4 is 5.91 Å². The van der Waals surface area contributed by atoms with Gasteiger partial charge < -0.3 is 10.4 Å². The fourth-order valence-corrected chi connectivity index (χ4v) is 1.80. The zero-order chi connectivity index (χ0) is 12.3. The largest absolute Gasteiger partial charge is 0.395 e. The van der Waals surface area contributed by atoms with Crippen LogP contribution in [0.3, 0.4) is 0 Å². The summed E-state index contributed by atoms with van der Waals surface area (Å²) in [5.41, 5.74) is 1.23. The highest BCUT2D eigenvalue weighted by Crippen LogP contribution is 2.47. The van der Waals surface area contributed by atoms with Gasteiger partial charge in [-0.05, 0) is 30.5 Å².